The zero-order valence-corrected chi connectivity index (χ0v) is 14.5. The summed E-state index contributed by atoms with van der Waals surface area (Å²) in [4.78, 5) is 37.7. The summed E-state index contributed by atoms with van der Waals surface area (Å²) in [7, 11) is 0. The van der Waals surface area contributed by atoms with Gasteiger partial charge in [-0.15, -0.1) is 0 Å². The van der Waals surface area contributed by atoms with Crippen LogP contribution in [0.3, 0.4) is 0 Å². The number of Topliss-reactive ketones (excluding diaryl/α,β-unsaturated/α-hetero) is 1. The third-order valence-electron chi connectivity index (χ3n) is 3.94. The average Bonchev–Trinajstić information content (AvgIpc) is 2.64. The Morgan fingerprint density at radius 3 is 2.74 bits per heavy atom. The second-order valence-corrected chi connectivity index (χ2v) is 5.90. The number of nitrogens with one attached hydrogen (secondary N) is 1. The molecule has 0 aliphatic heterocycles. The van der Waals surface area contributed by atoms with Crippen molar-refractivity contribution < 1.29 is 9.72 Å². The van der Waals surface area contributed by atoms with Gasteiger partial charge in [-0.2, -0.15) is 0 Å². The van der Waals surface area contributed by atoms with E-state index in [0.29, 0.717) is 12.2 Å². The third-order valence-corrected chi connectivity index (χ3v) is 3.94. The van der Waals surface area contributed by atoms with Crippen LogP contribution in [0, 0.1) is 10.1 Å². The summed E-state index contributed by atoms with van der Waals surface area (Å²) in [6.45, 7) is 1.68. The van der Waals surface area contributed by atoms with E-state index in [1.807, 2.05) is 6.07 Å². The molecule has 0 fully saturated rings. The van der Waals surface area contributed by atoms with Gasteiger partial charge in [0.25, 0.3) is 5.69 Å². The zero-order chi connectivity index (χ0) is 19.4. The van der Waals surface area contributed by atoms with Gasteiger partial charge >= 0.3 is 5.69 Å². The van der Waals surface area contributed by atoms with Crippen LogP contribution in [0.4, 0.5) is 17.1 Å². The number of benzene rings is 2. The van der Waals surface area contributed by atoms with E-state index in [9.17, 15) is 19.7 Å². The minimum absolute atomic E-state index is 0.184. The Bertz CT molecular complexity index is 1080. The van der Waals surface area contributed by atoms with Gasteiger partial charge in [-0.05, 0) is 42.8 Å². The smallest absolute Gasteiger partial charge is 0.347 e. The summed E-state index contributed by atoms with van der Waals surface area (Å²) in [5.74, 6) is -0.242. The highest BCUT2D eigenvalue weighted by molar-refractivity contribution is 5.95. The number of rotatable bonds is 6. The quantitative estimate of drug-likeness (QED) is 0.409. The Labute approximate surface area is 154 Å². The minimum Gasteiger partial charge on any atom is -0.350 e. The van der Waals surface area contributed by atoms with Crippen molar-refractivity contribution in [1.29, 1.82) is 0 Å². The van der Waals surface area contributed by atoms with Crippen molar-refractivity contribution in [2.24, 2.45) is 0 Å². The number of nitrogens with zero attached hydrogens (tertiary/aromatic N) is 3. The van der Waals surface area contributed by atoms with Crippen molar-refractivity contribution in [3.63, 3.8) is 0 Å². The third kappa shape index (κ3) is 4.24. The summed E-state index contributed by atoms with van der Waals surface area (Å²) in [6, 6.07) is 13.2. The van der Waals surface area contributed by atoms with E-state index < -0.39 is 4.92 Å². The number of hydrogen-bond donors (Lipinski definition) is 1. The maximum Gasteiger partial charge on any atom is 0.347 e. The lowest BCUT2D eigenvalue weighted by atomic mass is 10.1. The van der Waals surface area contributed by atoms with E-state index in [1.54, 1.807) is 30.5 Å². The number of nitro benzene ring substituents is 1. The van der Waals surface area contributed by atoms with Gasteiger partial charge in [0.1, 0.15) is 5.69 Å². The fourth-order valence-corrected chi connectivity index (χ4v) is 2.61. The molecule has 2 aromatic carbocycles. The van der Waals surface area contributed by atoms with Crippen LogP contribution < -0.4 is 11.0 Å². The molecule has 0 aliphatic rings. The molecule has 0 saturated carbocycles. The largest absolute Gasteiger partial charge is 0.350 e. The van der Waals surface area contributed by atoms with E-state index in [1.165, 1.54) is 35.9 Å². The minimum atomic E-state index is -0.534. The number of aromatic nitrogens is 2. The van der Waals surface area contributed by atoms with E-state index in [2.05, 4.69) is 10.3 Å². The number of hydrogen-bond acceptors (Lipinski definition) is 6. The van der Waals surface area contributed by atoms with Crippen LogP contribution in [0.5, 0.6) is 0 Å². The molecule has 0 unspecified atom stereocenters. The van der Waals surface area contributed by atoms with Gasteiger partial charge in [0.15, 0.2) is 5.78 Å². The van der Waals surface area contributed by atoms with E-state index in [0.717, 1.165) is 5.56 Å². The molecule has 1 aromatic heterocycles. The Balaban J connectivity index is 1.88. The molecule has 0 aliphatic carbocycles. The maximum absolute atomic E-state index is 11.7. The molecule has 0 spiro atoms. The lowest BCUT2D eigenvalue weighted by Gasteiger charge is -2.10. The second-order valence-electron chi connectivity index (χ2n) is 5.90. The molecule has 3 aromatic rings. The van der Waals surface area contributed by atoms with Gasteiger partial charge in [0.05, 0.1) is 11.5 Å². The van der Waals surface area contributed by atoms with Crippen molar-refractivity contribution in [3.05, 3.63) is 92.7 Å². The summed E-state index contributed by atoms with van der Waals surface area (Å²) < 4.78 is 1.46. The molecule has 0 atom stereocenters. The predicted octanol–water partition coefficient (Wildman–Crippen LogP) is 3.15. The van der Waals surface area contributed by atoms with Gasteiger partial charge in [-0.25, -0.2) is 9.78 Å². The fourth-order valence-electron chi connectivity index (χ4n) is 2.61. The highest BCUT2D eigenvalue weighted by Crippen LogP contribution is 2.29. The highest BCUT2D eigenvalue weighted by Gasteiger charge is 2.16. The van der Waals surface area contributed by atoms with Crippen LogP contribution in [0.25, 0.3) is 0 Å². The van der Waals surface area contributed by atoms with E-state index in [-0.39, 0.29) is 28.4 Å². The number of nitro groups is 1. The molecule has 1 N–H and O–H groups in total. The molecule has 0 saturated heterocycles. The van der Waals surface area contributed by atoms with Crippen LogP contribution in [0.15, 0.2) is 65.7 Å². The summed E-state index contributed by atoms with van der Waals surface area (Å²) in [5, 5.41) is 14.3. The highest BCUT2D eigenvalue weighted by atomic mass is 16.6. The molecule has 136 valence electrons. The van der Waals surface area contributed by atoms with E-state index in [4.69, 9.17) is 0 Å². The van der Waals surface area contributed by atoms with Gasteiger partial charge in [-0.3, -0.25) is 19.5 Å². The number of anilines is 2. The fraction of sp³-hybridized carbons (Fsp3) is 0.105. The molecule has 0 bridgehead atoms. The Kier molecular flexibility index (Phi) is 5.07. The maximum atomic E-state index is 11.7. The summed E-state index contributed by atoms with van der Waals surface area (Å²) in [6.07, 6.45) is 3.07. The summed E-state index contributed by atoms with van der Waals surface area (Å²) in [5.41, 5.74) is 1.47. The Morgan fingerprint density at radius 1 is 1.22 bits per heavy atom. The van der Waals surface area contributed by atoms with Crippen LogP contribution >= 0.6 is 0 Å². The number of carbonyl (C=O) groups is 1. The first kappa shape index (κ1) is 18.0. The first-order valence-electron chi connectivity index (χ1n) is 8.11. The van der Waals surface area contributed by atoms with Crippen molar-refractivity contribution >= 4 is 22.8 Å². The van der Waals surface area contributed by atoms with Crippen LogP contribution in [0.1, 0.15) is 22.8 Å². The molecule has 1 heterocycles. The van der Waals surface area contributed by atoms with E-state index >= 15 is 0 Å². The molecule has 3 rings (SSSR count). The Hall–Kier alpha value is -3.81. The first-order chi connectivity index (χ1) is 12.9. The Morgan fingerprint density at radius 2 is 2.04 bits per heavy atom. The lowest BCUT2D eigenvalue weighted by Crippen LogP contribution is -2.21. The van der Waals surface area contributed by atoms with Crippen molar-refractivity contribution in [1.82, 2.24) is 9.55 Å². The SMILES string of the molecule is CC(=O)c1ccc(Nc2cccc(Cn3cccnc3=O)c2)c([N+](=O)[O-])c1. The van der Waals surface area contributed by atoms with Gasteiger partial charge in [0, 0.05) is 29.7 Å². The van der Waals surface area contributed by atoms with Crippen molar-refractivity contribution in [3.8, 4) is 0 Å². The van der Waals surface area contributed by atoms with Crippen molar-refractivity contribution in [2.45, 2.75) is 13.5 Å². The van der Waals surface area contributed by atoms with Crippen LogP contribution in [-0.2, 0) is 6.54 Å². The van der Waals surface area contributed by atoms with Crippen LogP contribution in [0.2, 0.25) is 0 Å². The monoisotopic (exact) mass is 364 g/mol. The molecule has 8 heteroatoms. The second kappa shape index (κ2) is 7.61. The average molecular weight is 364 g/mol. The number of carbonyl (C=O) groups excluding carboxylic acids is 1. The topological polar surface area (TPSA) is 107 Å². The summed E-state index contributed by atoms with van der Waals surface area (Å²) >= 11 is 0. The van der Waals surface area contributed by atoms with Crippen LogP contribution in [-0.4, -0.2) is 20.3 Å². The molecular weight excluding hydrogens is 348 g/mol. The molecule has 8 nitrogen and oxygen atoms in total. The van der Waals surface area contributed by atoms with Crippen molar-refractivity contribution in [2.75, 3.05) is 5.32 Å². The van der Waals surface area contributed by atoms with Gasteiger partial charge in [0.2, 0.25) is 0 Å². The predicted molar refractivity (Wildman–Crippen MR) is 100 cm³/mol. The normalized spacial score (nSPS) is 10.4. The zero-order valence-electron chi connectivity index (χ0n) is 14.5. The van der Waals surface area contributed by atoms with Gasteiger partial charge < -0.3 is 5.32 Å². The number of ketones is 1. The standard InChI is InChI=1S/C19H16N4O4/c1-13(24)15-6-7-17(18(11-15)23(26)27)21-16-5-2-4-14(10-16)12-22-9-3-8-20-19(22)25/h2-11,21H,12H2,1H3. The first-order valence-corrected chi connectivity index (χ1v) is 8.11. The molecular formula is C19H16N4O4. The molecule has 27 heavy (non-hydrogen) atoms. The lowest BCUT2D eigenvalue weighted by molar-refractivity contribution is -0.383. The van der Waals surface area contributed by atoms with Gasteiger partial charge in [-0.1, -0.05) is 12.1 Å². The molecule has 0 amide bonds. The molecule has 0 radical (unpaired) electrons.